The minimum Gasteiger partial charge on any atom is -0.346 e. The van der Waals surface area contributed by atoms with Gasteiger partial charge >= 0.3 is 0 Å². The largest absolute Gasteiger partial charge is 0.346 e. The van der Waals surface area contributed by atoms with Gasteiger partial charge in [-0.3, -0.25) is 9.78 Å². The number of hydrogen-bond acceptors (Lipinski definition) is 4. The van der Waals surface area contributed by atoms with E-state index in [4.69, 9.17) is 11.6 Å². The number of para-hydroxylation sites is 1. The molecule has 2 aromatic carbocycles. The first kappa shape index (κ1) is 18.8. The lowest BCUT2D eigenvalue weighted by molar-refractivity contribution is 0.0946. The van der Waals surface area contributed by atoms with Gasteiger partial charge in [0.2, 0.25) is 0 Å². The second-order valence-corrected chi connectivity index (χ2v) is 6.59. The molecule has 8 heteroatoms. The van der Waals surface area contributed by atoms with Crippen LogP contribution >= 0.6 is 11.6 Å². The Balaban J connectivity index is 1.67. The first-order chi connectivity index (χ1) is 14.1. The van der Waals surface area contributed by atoms with Gasteiger partial charge in [-0.1, -0.05) is 47.1 Å². The smallest absolute Gasteiger partial charge is 0.274 e. The summed E-state index contributed by atoms with van der Waals surface area (Å²) in [5, 5.41) is 11.0. The third-order valence-electron chi connectivity index (χ3n) is 4.23. The SMILES string of the molecule is O=C(NCc1ccc(F)c(Cl)c1)c1nnn(-c2ccccc2)c1-c1ccccn1. The van der Waals surface area contributed by atoms with Gasteiger partial charge in [-0.25, -0.2) is 9.07 Å². The van der Waals surface area contributed by atoms with Crippen LogP contribution in [0, 0.1) is 5.82 Å². The van der Waals surface area contributed by atoms with E-state index in [0.29, 0.717) is 17.0 Å². The van der Waals surface area contributed by atoms with Crippen molar-refractivity contribution in [3.05, 3.63) is 95.0 Å². The van der Waals surface area contributed by atoms with Gasteiger partial charge in [-0.05, 0) is 42.0 Å². The van der Waals surface area contributed by atoms with Crippen molar-refractivity contribution in [2.24, 2.45) is 0 Å². The molecule has 4 aromatic rings. The highest BCUT2D eigenvalue weighted by molar-refractivity contribution is 6.30. The first-order valence-electron chi connectivity index (χ1n) is 8.78. The molecule has 29 heavy (non-hydrogen) atoms. The number of nitrogens with zero attached hydrogens (tertiary/aromatic N) is 4. The average Bonchev–Trinajstić information content (AvgIpc) is 3.21. The number of rotatable bonds is 5. The maximum Gasteiger partial charge on any atom is 0.274 e. The van der Waals surface area contributed by atoms with E-state index in [0.717, 1.165) is 5.69 Å². The van der Waals surface area contributed by atoms with E-state index >= 15 is 0 Å². The van der Waals surface area contributed by atoms with Gasteiger partial charge in [0.1, 0.15) is 11.5 Å². The van der Waals surface area contributed by atoms with Crippen molar-refractivity contribution in [2.45, 2.75) is 6.54 Å². The van der Waals surface area contributed by atoms with Crippen LogP contribution in [0.3, 0.4) is 0 Å². The molecule has 0 aliphatic heterocycles. The molecular formula is C21H15ClFN5O. The Morgan fingerprint density at radius 1 is 1.07 bits per heavy atom. The molecule has 0 radical (unpaired) electrons. The zero-order valence-electron chi connectivity index (χ0n) is 15.1. The fraction of sp³-hybridized carbons (Fsp3) is 0.0476. The van der Waals surface area contributed by atoms with Crippen LogP contribution in [0.2, 0.25) is 5.02 Å². The second-order valence-electron chi connectivity index (χ2n) is 6.18. The first-order valence-corrected chi connectivity index (χ1v) is 9.16. The highest BCUT2D eigenvalue weighted by Gasteiger charge is 2.22. The molecule has 0 aliphatic rings. The number of amides is 1. The minimum atomic E-state index is -0.509. The monoisotopic (exact) mass is 407 g/mol. The summed E-state index contributed by atoms with van der Waals surface area (Å²) in [5.74, 6) is -0.932. The van der Waals surface area contributed by atoms with E-state index in [-0.39, 0.29) is 17.3 Å². The van der Waals surface area contributed by atoms with Crippen LogP contribution < -0.4 is 5.32 Å². The fourth-order valence-electron chi connectivity index (χ4n) is 2.83. The van der Waals surface area contributed by atoms with Crippen LogP contribution in [0.5, 0.6) is 0 Å². The lowest BCUT2D eigenvalue weighted by atomic mass is 10.2. The molecule has 2 aromatic heterocycles. The zero-order chi connectivity index (χ0) is 20.2. The Morgan fingerprint density at radius 2 is 1.86 bits per heavy atom. The molecule has 0 spiro atoms. The molecule has 144 valence electrons. The second kappa shape index (κ2) is 8.20. The predicted molar refractivity (Wildman–Crippen MR) is 107 cm³/mol. The van der Waals surface area contributed by atoms with Crippen LogP contribution in [0.1, 0.15) is 16.1 Å². The van der Waals surface area contributed by atoms with Crippen molar-refractivity contribution in [2.75, 3.05) is 0 Å². The topological polar surface area (TPSA) is 72.7 Å². The van der Waals surface area contributed by atoms with Crippen molar-refractivity contribution in [3.63, 3.8) is 0 Å². The van der Waals surface area contributed by atoms with Gasteiger partial charge < -0.3 is 5.32 Å². The summed E-state index contributed by atoms with van der Waals surface area (Å²) >= 11 is 5.80. The summed E-state index contributed by atoms with van der Waals surface area (Å²) in [7, 11) is 0. The minimum absolute atomic E-state index is 0.000876. The number of halogens is 2. The molecule has 0 bridgehead atoms. The molecular weight excluding hydrogens is 393 g/mol. The molecule has 2 heterocycles. The third-order valence-corrected chi connectivity index (χ3v) is 4.52. The van der Waals surface area contributed by atoms with E-state index in [2.05, 4.69) is 20.6 Å². The Labute approximate surface area is 171 Å². The molecule has 0 unspecified atom stereocenters. The standard InChI is InChI=1S/C21H15ClFN5O/c22-16-12-14(9-10-17(16)23)13-25-21(29)19-20(18-8-4-5-11-24-18)28(27-26-19)15-6-2-1-3-7-15/h1-12H,13H2,(H,25,29). The van der Waals surface area contributed by atoms with E-state index < -0.39 is 11.7 Å². The summed E-state index contributed by atoms with van der Waals surface area (Å²) < 4.78 is 14.9. The fourth-order valence-corrected chi connectivity index (χ4v) is 3.04. The number of benzene rings is 2. The maximum absolute atomic E-state index is 13.3. The van der Waals surface area contributed by atoms with Crippen molar-refractivity contribution in [3.8, 4) is 17.1 Å². The Morgan fingerprint density at radius 3 is 2.59 bits per heavy atom. The molecule has 0 aliphatic carbocycles. The molecule has 0 atom stereocenters. The van der Waals surface area contributed by atoms with Crippen LogP contribution in [-0.4, -0.2) is 25.9 Å². The van der Waals surface area contributed by atoms with E-state index in [1.807, 2.05) is 36.4 Å². The van der Waals surface area contributed by atoms with Crippen LogP contribution in [0.15, 0.2) is 72.9 Å². The maximum atomic E-state index is 13.3. The van der Waals surface area contributed by atoms with Gasteiger partial charge in [0.25, 0.3) is 5.91 Å². The van der Waals surface area contributed by atoms with Crippen molar-refractivity contribution in [1.82, 2.24) is 25.3 Å². The Kier molecular flexibility index (Phi) is 5.31. The molecule has 1 N–H and O–H groups in total. The Bertz CT molecular complexity index is 1150. The summed E-state index contributed by atoms with van der Waals surface area (Å²) in [4.78, 5) is 17.2. The quantitative estimate of drug-likeness (QED) is 0.541. The van der Waals surface area contributed by atoms with Crippen molar-refractivity contribution in [1.29, 1.82) is 0 Å². The van der Waals surface area contributed by atoms with Crippen LogP contribution in [0.25, 0.3) is 17.1 Å². The summed E-state index contributed by atoms with van der Waals surface area (Å²) in [6.07, 6.45) is 1.64. The van der Waals surface area contributed by atoms with Crippen LogP contribution in [0.4, 0.5) is 4.39 Å². The molecule has 0 saturated heterocycles. The van der Waals surface area contributed by atoms with E-state index in [1.165, 1.54) is 12.1 Å². The highest BCUT2D eigenvalue weighted by atomic mass is 35.5. The zero-order valence-corrected chi connectivity index (χ0v) is 15.8. The number of hydrogen-bond donors (Lipinski definition) is 1. The summed E-state index contributed by atoms with van der Waals surface area (Å²) in [6.45, 7) is 0.165. The normalized spacial score (nSPS) is 10.7. The summed E-state index contributed by atoms with van der Waals surface area (Å²) in [5.41, 5.74) is 2.60. The lowest BCUT2D eigenvalue weighted by Gasteiger charge is -2.08. The molecule has 4 rings (SSSR count). The van der Waals surface area contributed by atoms with Gasteiger partial charge in [0, 0.05) is 12.7 Å². The highest BCUT2D eigenvalue weighted by Crippen LogP contribution is 2.23. The van der Waals surface area contributed by atoms with Gasteiger partial charge in [-0.2, -0.15) is 0 Å². The summed E-state index contributed by atoms with van der Waals surface area (Å²) in [6, 6.07) is 19.1. The van der Waals surface area contributed by atoms with E-state index in [1.54, 1.807) is 29.1 Å². The molecule has 1 amide bonds. The lowest BCUT2D eigenvalue weighted by Crippen LogP contribution is -2.24. The number of carbonyl (C=O) groups is 1. The van der Waals surface area contributed by atoms with Gasteiger partial charge in [0.15, 0.2) is 5.69 Å². The molecule has 0 saturated carbocycles. The number of nitrogens with one attached hydrogen (secondary N) is 1. The number of aromatic nitrogens is 4. The van der Waals surface area contributed by atoms with Gasteiger partial charge in [-0.15, -0.1) is 5.10 Å². The van der Waals surface area contributed by atoms with Crippen molar-refractivity contribution < 1.29 is 9.18 Å². The van der Waals surface area contributed by atoms with Gasteiger partial charge in [0.05, 0.1) is 16.4 Å². The molecule has 0 fully saturated rings. The van der Waals surface area contributed by atoms with E-state index in [9.17, 15) is 9.18 Å². The van der Waals surface area contributed by atoms with Crippen molar-refractivity contribution >= 4 is 17.5 Å². The predicted octanol–water partition coefficient (Wildman–Crippen LogP) is 4.05. The Hall–Kier alpha value is -3.58. The number of pyridine rings is 1. The van der Waals surface area contributed by atoms with Crippen LogP contribution in [-0.2, 0) is 6.54 Å². The average molecular weight is 408 g/mol. The molecule has 6 nitrogen and oxygen atoms in total. The number of carbonyl (C=O) groups excluding carboxylic acids is 1. The third kappa shape index (κ3) is 4.00.